The van der Waals surface area contributed by atoms with Gasteiger partial charge in [-0.25, -0.2) is 4.79 Å². The number of carbonyl (C=O) groups excluding carboxylic acids is 2. The Hall–Kier alpha value is -2.08. The van der Waals surface area contributed by atoms with Gasteiger partial charge >= 0.3 is 6.03 Å². The lowest BCUT2D eigenvalue weighted by Gasteiger charge is -2.36. The maximum Gasteiger partial charge on any atom is 0.319 e. The van der Waals surface area contributed by atoms with Crippen molar-refractivity contribution < 1.29 is 9.59 Å². The van der Waals surface area contributed by atoms with E-state index in [1.807, 2.05) is 35.2 Å². The van der Waals surface area contributed by atoms with Crippen molar-refractivity contribution in [3.8, 4) is 0 Å². The molecule has 0 radical (unpaired) electrons. The van der Waals surface area contributed by atoms with E-state index < -0.39 is 0 Å². The molecule has 4 N–H and O–H groups in total. The van der Waals surface area contributed by atoms with E-state index in [1.54, 1.807) is 0 Å². The number of nitrogens with one attached hydrogen (secondary N) is 2. The maximum atomic E-state index is 12.5. The van der Waals surface area contributed by atoms with Gasteiger partial charge in [-0.05, 0) is 50.8 Å². The lowest BCUT2D eigenvalue weighted by atomic mass is 10.0. The van der Waals surface area contributed by atoms with Crippen LogP contribution in [0.15, 0.2) is 30.3 Å². The molecular formula is C20H32N4O2. The number of urea groups is 1. The summed E-state index contributed by atoms with van der Waals surface area (Å²) in [6, 6.07) is 9.24. The monoisotopic (exact) mass is 360 g/mol. The molecule has 1 aliphatic rings. The van der Waals surface area contributed by atoms with Crippen molar-refractivity contribution in [2.24, 2.45) is 5.73 Å². The van der Waals surface area contributed by atoms with Crippen LogP contribution in [0.5, 0.6) is 0 Å². The number of carbonyl (C=O) groups is 2. The standard InChI is InChI=1S/C20H32N4O2/c21-14-8-2-1-6-13-19(25)24-15-9-7-12-18(24)16-22-20(26)23-17-10-4-3-5-11-17/h3-5,10-11,18H,1-2,6-9,12-16,21H2,(H2,22,23,26). The summed E-state index contributed by atoms with van der Waals surface area (Å²) >= 11 is 0. The van der Waals surface area contributed by atoms with Crippen molar-refractivity contribution in [2.45, 2.75) is 57.4 Å². The summed E-state index contributed by atoms with van der Waals surface area (Å²) in [7, 11) is 0. The molecule has 1 aliphatic heterocycles. The summed E-state index contributed by atoms with van der Waals surface area (Å²) in [6.45, 7) is 2.02. The van der Waals surface area contributed by atoms with Gasteiger partial charge in [0, 0.05) is 31.2 Å². The zero-order valence-corrected chi connectivity index (χ0v) is 15.6. The van der Waals surface area contributed by atoms with Crippen LogP contribution in [-0.4, -0.2) is 42.5 Å². The van der Waals surface area contributed by atoms with Crippen LogP contribution in [0, 0.1) is 0 Å². The highest BCUT2D eigenvalue weighted by Gasteiger charge is 2.26. The molecule has 0 spiro atoms. The molecule has 1 aromatic rings. The number of hydrogen-bond acceptors (Lipinski definition) is 3. The molecule has 2 rings (SSSR count). The van der Waals surface area contributed by atoms with E-state index in [0.717, 1.165) is 63.7 Å². The smallest absolute Gasteiger partial charge is 0.319 e. The number of para-hydroxylation sites is 1. The number of unbranched alkanes of at least 4 members (excludes halogenated alkanes) is 3. The normalized spacial score (nSPS) is 17.0. The Morgan fingerprint density at radius 2 is 1.85 bits per heavy atom. The molecule has 1 unspecified atom stereocenters. The lowest BCUT2D eigenvalue weighted by molar-refractivity contribution is -0.134. The summed E-state index contributed by atoms with van der Waals surface area (Å²) < 4.78 is 0. The second-order valence-electron chi connectivity index (χ2n) is 6.89. The fraction of sp³-hybridized carbons (Fsp3) is 0.600. The summed E-state index contributed by atoms with van der Waals surface area (Å²) in [4.78, 5) is 26.6. The molecule has 26 heavy (non-hydrogen) atoms. The second-order valence-corrected chi connectivity index (χ2v) is 6.89. The third-order valence-electron chi connectivity index (χ3n) is 4.82. The van der Waals surface area contributed by atoms with Crippen molar-refractivity contribution in [1.82, 2.24) is 10.2 Å². The molecular weight excluding hydrogens is 328 g/mol. The van der Waals surface area contributed by atoms with Gasteiger partial charge in [-0.15, -0.1) is 0 Å². The van der Waals surface area contributed by atoms with Gasteiger partial charge in [-0.3, -0.25) is 4.79 Å². The average Bonchev–Trinajstić information content (AvgIpc) is 2.67. The minimum absolute atomic E-state index is 0.0989. The highest BCUT2D eigenvalue weighted by atomic mass is 16.2. The number of anilines is 1. The highest BCUT2D eigenvalue weighted by Crippen LogP contribution is 2.18. The molecule has 0 aromatic heterocycles. The Bertz CT molecular complexity index is 550. The van der Waals surface area contributed by atoms with Gasteiger partial charge in [0.05, 0.1) is 0 Å². The van der Waals surface area contributed by atoms with Gasteiger partial charge in [-0.1, -0.05) is 31.0 Å². The Morgan fingerprint density at radius 1 is 1.08 bits per heavy atom. The van der Waals surface area contributed by atoms with E-state index in [9.17, 15) is 9.59 Å². The molecule has 144 valence electrons. The van der Waals surface area contributed by atoms with E-state index in [0.29, 0.717) is 13.0 Å². The topological polar surface area (TPSA) is 87.5 Å². The number of hydrogen-bond donors (Lipinski definition) is 3. The quantitative estimate of drug-likeness (QED) is 0.591. The Kier molecular flexibility index (Phi) is 8.96. The molecule has 0 aliphatic carbocycles. The van der Waals surface area contributed by atoms with Crippen LogP contribution in [0.4, 0.5) is 10.5 Å². The van der Waals surface area contributed by atoms with Crippen LogP contribution in [0.3, 0.4) is 0 Å². The summed E-state index contributed by atoms with van der Waals surface area (Å²) in [6.07, 6.45) is 7.79. The molecule has 1 aromatic carbocycles. The van der Waals surface area contributed by atoms with Crippen molar-refractivity contribution >= 4 is 17.6 Å². The SMILES string of the molecule is NCCCCCCC(=O)N1CCCCC1CNC(=O)Nc1ccccc1. The average molecular weight is 361 g/mol. The van der Waals surface area contributed by atoms with Crippen molar-refractivity contribution in [3.63, 3.8) is 0 Å². The number of piperidine rings is 1. The fourth-order valence-electron chi connectivity index (χ4n) is 3.37. The molecule has 1 heterocycles. The number of likely N-dealkylation sites (tertiary alicyclic amines) is 1. The third-order valence-corrected chi connectivity index (χ3v) is 4.82. The Labute approximate surface area is 156 Å². The van der Waals surface area contributed by atoms with E-state index in [4.69, 9.17) is 5.73 Å². The van der Waals surface area contributed by atoms with Gasteiger partial charge in [0.25, 0.3) is 0 Å². The number of nitrogens with two attached hydrogens (primary N) is 1. The number of nitrogens with zero attached hydrogens (tertiary/aromatic N) is 1. The van der Waals surface area contributed by atoms with Crippen LogP contribution < -0.4 is 16.4 Å². The zero-order chi connectivity index (χ0) is 18.6. The van der Waals surface area contributed by atoms with Crippen LogP contribution in [-0.2, 0) is 4.79 Å². The van der Waals surface area contributed by atoms with Crippen LogP contribution in [0.25, 0.3) is 0 Å². The predicted octanol–water partition coefficient (Wildman–Crippen LogP) is 3.10. The van der Waals surface area contributed by atoms with Gasteiger partial charge < -0.3 is 21.3 Å². The number of rotatable bonds is 9. The number of amides is 3. The highest BCUT2D eigenvalue weighted by molar-refractivity contribution is 5.89. The number of benzene rings is 1. The molecule has 0 saturated carbocycles. The first-order chi connectivity index (χ1) is 12.7. The Balaban J connectivity index is 1.74. The fourth-order valence-corrected chi connectivity index (χ4v) is 3.37. The van der Waals surface area contributed by atoms with Gasteiger partial charge in [0.2, 0.25) is 5.91 Å². The van der Waals surface area contributed by atoms with Crippen LogP contribution in [0.1, 0.15) is 51.4 Å². The van der Waals surface area contributed by atoms with Crippen LogP contribution in [0.2, 0.25) is 0 Å². The molecule has 1 fully saturated rings. The van der Waals surface area contributed by atoms with E-state index in [2.05, 4.69) is 10.6 Å². The lowest BCUT2D eigenvalue weighted by Crippen LogP contribution is -2.49. The van der Waals surface area contributed by atoms with E-state index in [1.165, 1.54) is 0 Å². The van der Waals surface area contributed by atoms with Crippen molar-refractivity contribution in [1.29, 1.82) is 0 Å². The summed E-state index contributed by atoms with van der Waals surface area (Å²) in [5.74, 6) is 0.215. The molecule has 0 bridgehead atoms. The van der Waals surface area contributed by atoms with Crippen molar-refractivity contribution in [3.05, 3.63) is 30.3 Å². The van der Waals surface area contributed by atoms with E-state index >= 15 is 0 Å². The minimum atomic E-state index is -0.226. The third kappa shape index (κ3) is 7.04. The predicted molar refractivity (Wildman–Crippen MR) is 105 cm³/mol. The second kappa shape index (κ2) is 11.5. The zero-order valence-electron chi connectivity index (χ0n) is 15.6. The van der Waals surface area contributed by atoms with Gasteiger partial charge in [-0.2, -0.15) is 0 Å². The first kappa shape index (κ1) is 20.2. The molecule has 1 saturated heterocycles. The molecule has 1 atom stereocenters. The minimum Gasteiger partial charge on any atom is -0.338 e. The molecule has 6 heteroatoms. The van der Waals surface area contributed by atoms with Crippen LogP contribution >= 0.6 is 0 Å². The van der Waals surface area contributed by atoms with E-state index in [-0.39, 0.29) is 18.0 Å². The molecule has 3 amide bonds. The maximum absolute atomic E-state index is 12.5. The largest absolute Gasteiger partial charge is 0.338 e. The van der Waals surface area contributed by atoms with Gasteiger partial charge in [0.1, 0.15) is 0 Å². The first-order valence-corrected chi connectivity index (χ1v) is 9.80. The van der Waals surface area contributed by atoms with Gasteiger partial charge in [0.15, 0.2) is 0 Å². The molecule has 6 nitrogen and oxygen atoms in total. The summed E-state index contributed by atoms with van der Waals surface area (Å²) in [5.41, 5.74) is 6.26. The van der Waals surface area contributed by atoms with Crippen molar-refractivity contribution in [2.75, 3.05) is 25.0 Å². The Morgan fingerprint density at radius 3 is 2.62 bits per heavy atom. The summed E-state index contributed by atoms with van der Waals surface area (Å²) in [5, 5.41) is 5.73. The first-order valence-electron chi connectivity index (χ1n) is 9.80.